The van der Waals surface area contributed by atoms with Crippen LogP contribution in [0.1, 0.15) is 11.3 Å². The fourth-order valence-corrected chi connectivity index (χ4v) is 5.60. The van der Waals surface area contributed by atoms with Crippen LogP contribution in [-0.2, 0) is 14.2 Å². The van der Waals surface area contributed by atoms with E-state index in [1.54, 1.807) is 30.8 Å². The molecule has 5 atom stereocenters. The second kappa shape index (κ2) is 9.22. The quantitative estimate of drug-likeness (QED) is 0.414. The summed E-state index contributed by atoms with van der Waals surface area (Å²) in [5.41, 5.74) is 12.9. The van der Waals surface area contributed by atoms with Gasteiger partial charge < -0.3 is 30.7 Å². The van der Waals surface area contributed by atoms with Gasteiger partial charge in [-0.2, -0.15) is 5.26 Å². The number of methoxy groups -OCH3 is 1. The number of hydrazine groups is 1. The van der Waals surface area contributed by atoms with E-state index in [9.17, 15) is 0 Å². The van der Waals surface area contributed by atoms with Crippen LogP contribution >= 0.6 is 34.7 Å². The first kappa shape index (κ1) is 22.2. The number of hydrogen-bond acceptors (Lipinski definition) is 11. The predicted octanol–water partition coefficient (Wildman–Crippen LogP) is 1.98. The summed E-state index contributed by atoms with van der Waals surface area (Å²) < 4.78 is 17.7. The molecule has 31 heavy (non-hydrogen) atoms. The normalized spacial score (nSPS) is 27.8. The molecule has 164 valence electrons. The predicted molar refractivity (Wildman–Crippen MR) is 120 cm³/mol. The zero-order chi connectivity index (χ0) is 22.1. The first-order chi connectivity index (χ1) is 14.9. The topological polar surface area (TPSA) is 146 Å². The lowest BCUT2D eigenvalue weighted by molar-refractivity contribution is -0.272. The number of hydrogen-bond donors (Lipinski definition) is 3. The molecule has 1 aromatic heterocycles. The minimum absolute atomic E-state index is 0.127. The lowest BCUT2D eigenvalue weighted by Crippen LogP contribution is -2.70. The van der Waals surface area contributed by atoms with Crippen LogP contribution in [-0.4, -0.2) is 53.5 Å². The molecular formula is C19H21ClN6O3S2. The van der Waals surface area contributed by atoms with Gasteiger partial charge in [0.2, 0.25) is 0 Å². The molecule has 2 saturated heterocycles. The van der Waals surface area contributed by atoms with Crippen molar-refractivity contribution in [3.05, 3.63) is 46.1 Å². The highest BCUT2D eigenvalue weighted by molar-refractivity contribution is 7.99. The number of benzene rings is 1. The maximum atomic E-state index is 9.09. The molecule has 9 nitrogen and oxygen atoms in total. The van der Waals surface area contributed by atoms with E-state index in [4.69, 9.17) is 48.4 Å². The van der Waals surface area contributed by atoms with Crippen LogP contribution in [0.2, 0.25) is 5.02 Å². The Labute approximate surface area is 192 Å². The zero-order valence-electron chi connectivity index (χ0n) is 16.5. The lowest BCUT2D eigenvalue weighted by Gasteiger charge is -2.53. The van der Waals surface area contributed by atoms with E-state index < -0.39 is 6.10 Å². The van der Waals surface area contributed by atoms with Crippen molar-refractivity contribution in [2.45, 2.75) is 34.7 Å². The zero-order valence-corrected chi connectivity index (χ0v) is 18.9. The summed E-state index contributed by atoms with van der Waals surface area (Å²) in [4.78, 5) is 5.04. The van der Waals surface area contributed by atoms with Gasteiger partial charge in [0.25, 0.3) is 0 Å². The van der Waals surface area contributed by atoms with Gasteiger partial charge in [-0.1, -0.05) is 23.4 Å². The molecule has 0 saturated carbocycles. The van der Waals surface area contributed by atoms with Crippen LogP contribution in [0.5, 0.6) is 0 Å². The van der Waals surface area contributed by atoms with E-state index in [1.165, 1.54) is 28.1 Å². The molecule has 6 N–H and O–H groups in total. The fourth-order valence-electron chi connectivity index (χ4n) is 3.53. The van der Waals surface area contributed by atoms with Crippen LogP contribution in [0.3, 0.4) is 0 Å². The van der Waals surface area contributed by atoms with Gasteiger partial charge in [-0.15, -0.1) is 11.3 Å². The van der Waals surface area contributed by atoms with Crippen LogP contribution < -0.4 is 17.3 Å². The molecule has 0 spiro atoms. The van der Waals surface area contributed by atoms with Gasteiger partial charge in [0.05, 0.1) is 22.9 Å². The molecule has 2 aliphatic rings. The highest BCUT2D eigenvalue weighted by Crippen LogP contribution is 2.41. The maximum absolute atomic E-state index is 9.09. The van der Waals surface area contributed by atoms with Crippen molar-refractivity contribution in [3.63, 3.8) is 0 Å². The van der Waals surface area contributed by atoms with Crippen molar-refractivity contribution in [1.82, 2.24) is 9.99 Å². The van der Waals surface area contributed by atoms with Gasteiger partial charge >= 0.3 is 0 Å². The third-order valence-corrected chi connectivity index (χ3v) is 7.23. The number of halogens is 1. The van der Waals surface area contributed by atoms with E-state index in [0.717, 1.165) is 4.90 Å². The highest BCUT2D eigenvalue weighted by Gasteiger charge is 2.53. The highest BCUT2D eigenvalue weighted by atomic mass is 35.5. The number of aromatic nitrogens is 1. The van der Waals surface area contributed by atoms with Crippen LogP contribution in [0.4, 0.5) is 5.13 Å². The third kappa shape index (κ3) is 4.47. The van der Waals surface area contributed by atoms with Crippen LogP contribution in [0.25, 0.3) is 5.70 Å². The number of thioether (sulfide) groups is 1. The molecule has 0 aliphatic carbocycles. The minimum atomic E-state index is -0.435. The second-order valence-corrected chi connectivity index (χ2v) is 9.47. The number of rotatable bonds is 6. The maximum Gasteiger partial charge on any atom is 0.180 e. The summed E-state index contributed by atoms with van der Waals surface area (Å²) in [6.07, 6.45) is 0.782. The Hall–Kier alpha value is -2.04. The number of anilines is 1. The molecule has 5 unspecified atom stereocenters. The molecule has 0 amide bonds. The Kier molecular flexibility index (Phi) is 6.59. The second-order valence-electron chi connectivity index (χ2n) is 7.01. The first-order valence-corrected chi connectivity index (χ1v) is 11.4. The van der Waals surface area contributed by atoms with Crippen LogP contribution in [0.15, 0.2) is 34.7 Å². The van der Waals surface area contributed by atoms with Gasteiger partial charge in [-0.05, 0) is 18.2 Å². The molecule has 4 rings (SSSR count). The Balaban J connectivity index is 1.57. The summed E-state index contributed by atoms with van der Waals surface area (Å²) >= 11 is 8.94. The number of nitriles is 1. The number of fused-ring (bicyclic) bond motifs is 1. The molecule has 2 aromatic rings. The Morgan fingerprint density at radius 1 is 1.52 bits per heavy atom. The average Bonchev–Trinajstić information content (AvgIpc) is 3.16. The van der Waals surface area contributed by atoms with Crippen molar-refractivity contribution in [2.75, 3.05) is 19.5 Å². The Morgan fingerprint density at radius 2 is 2.32 bits per heavy atom. The van der Waals surface area contributed by atoms with E-state index in [1.807, 2.05) is 6.07 Å². The van der Waals surface area contributed by atoms with Gasteiger partial charge in [0.1, 0.15) is 41.6 Å². The summed E-state index contributed by atoms with van der Waals surface area (Å²) in [6, 6.07) is 6.96. The third-order valence-electron chi connectivity index (χ3n) is 5.11. The Morgan fingerprint density at radius 3 is 2.90 bits per heavy atom. The number of thiazole rings is 1. The minimum Gasteiger partial charge on any atom is -0.396 e. The number of nitrogens with zero attached hydrogens (tertiary/aromatic N) is 3. The standard InChI is InChI=1S/C19H21ClN6O3S2/c1-27-17-15(26(24)6-12(22)13-8-30-19(23)25-13)16-14(7-28-16)29-18(17)31-10-3-2-9(5-21)11(20)4-10/h2-4,6,8,14-18H,7,22,24H2,1H3,(H2,23,25)/b12-6-. The van der Waals surface area contributed by atoms with Crippen molar-refractivity contribution in [3.8, 4) is 6.07 Å². The summed E-state index contributed by atoms with van der Waals surface area (Å²) in [5.74, 6) is 6.40. The van der Waals surface area contributed by atoms with E-state index >= 15 is 0 Å². The molecular weight excluding hydrogens is 460 g/mol. The smallest absolute Gasteiger partial charge is 0.180 e. The van der Waals surface area contributed by atoms with E-state index in [0.29, 0.717) is 33.7 Å². The van der Waals surface area contributed by atoms with Gasteiger partial charge in [-0.3, -0.25) is 0 Å². The molecule has 12 heteroatoms. The van der Waals surface area contributed by atoms with Crippen molar-refractivity contribution in [2.24, 2.45) is 11.6 Å². The van der Waals surface area contributed by atoms with E-state index in [-0.39, 0.29) is 23.7 Å². The molecule has 2 fully saturated rings. The van der Waals surface area contributed by atoms with Crippen molar-refractivity contribution >= 4 is 45.5 Å². The summed E-state index contributed by atoms with van der Waals surface area (Å²) in [6.45, 7) is 0.471. The van der Waals surface area contributed by atoms with Crippen molar-refractivity contribution in [1.29, 1.82) is 5.26 Å². The number of nitrogens with two attached hydrogens (primary N) is 3. The molecule has 0 radical (unpaired) electrons. The summed E-state index contributed by atoms with van der Waals surface area (Å²) in [5, 5.41) is 13.2. The van der Waals surface area contributed by atoms with Crippen molar-refractivity contribution < 1.29 is 14.2 Å². The first-order valence-electron chi connectivity index (χ1n) is 9.29. The number of nitrogen functional groups attached to an aromatic ring is 1. The Bertz CT molecular complexity index is 1030. The van der Waals surface area contributed by atoms with Gasteiger partial charge in [0, 0.05) is 23.6 Å². The largest absolute Gasteiger partial charge is 0.396 e. The molecule has 3 heterocycles. The van der Waals surface area contributed by atoms with E-state index in [2.05, 4.69) is 11.1 Å². The van der Waals surface area contributed by atoms with Gasteiger partial charge in [-0.25, -0.2) is 10.8 Å². The molecule has 0 bridgehead atoms. The lowest BCUT2D eigenvalue weighted by atomic mass is 9.93. The number of ether oxygens (including phenoxy) is 3. The molecule has 2 aliphatic heterocycles. The summed E-state index contributed by atoms with van der Waals surface area (Å²) in [7, 11) is 1.60. The van der Waals surface area contributed by atoms with Crippen LogP contribution in [0, 0.1) is 11.3 Å². The molecule has 1 aromatic carbocycles. The fraction of sp³-hybridized carbons (Fsp3) is 0.368. The monoisotopic (exact) mass is 480 g/mol. The SMILES string of the molecule is COC1C(Sc2ccc(C#N)c(Cl)c2)OC2COC2C1N(N)/C=C(\N)c1csc(N)n1. The average molecular weight is 481 g/mol. The van der Waals surface area contributed by atoms with Gasteiger partial charge in [0.15, 0.2) is 5.13 Å².